The Labute approximate surface area is 131 Å². The summed E-state index contributed by atoms with van der Waals surface area (Å²) in [7, 11) is 1.79. The van der Waals surface area contributed by atoms with Crippen LogP contribution in [0.3, 0.4) is 0 Å². The topological polar surface area (TPSA) is 102 Å². The third kappa shape index (κ3) is 3.85. The minimum atomic E-state index is -1.13. The first kappa shape index (κ1) is 16.0. The fourth-order valence-electron chi connectivity index (χ4n) is 1.82. The molecular formula is C14H16N4O3S. The molecular weight excluding hydrogens is 304 g/mol. The average Bonchev–Trinajstić information content (AvgIpc) is 2.87. The molecule has 8 heteroatoms. The summed E-state index contributed by atoms with van der Waals surface area (Å²) in [5.41, 5.74) is 1.61. The number of nitrogens with zero attached hydrogens (tertiary/aromatic N) is 2. The van der Waals surface area contributed by atoms with E-state index in [-0.39, 0.29) is 11.7 Å². The zero-order chi connectivity index (χ0) is 16.1. The quantitative estimate of drug-likeness (QED) is 0.580. The summed E-state index contributed by atoms with van der Waals surface area (Å²) in [6.45, 7) is 1.79. The number of hydrogen-bond acceptors (Lipinski definition) is 5. The molecule has 0 saturated heterocycles. The van der Waals surface area contributed by atoms with Crippen molar-refractivity contribution in [1.82, 2.24) is 10.2 Å². The van der Waals surface area contributed by atoms with Crippen LogP contribution in [-0.4, -0.2) is 27.8 Å². The number of hydrogen-bond donors (Lipinski definition) is 2. The van der Waals surface area contributed by atoms with Gasteiger partial charge in [-0.3, -0.25) is 4.79 Å². The lowest BCUT2D eigenvalue weighted by molar-refractivity contribution is -0.698. The van der Waals surface area contributed by atoms with Gasteiger partial charge in [0.15, 0.2) is 0 Å². The number of benzene rings is 1. The number of carbonyl (C=O) groups is 2. The Hall–Kier alpha value is -2.35. The average molecular weight is 320 g/mol. The van der Waals surface area contributed by atoms with Crippen molar-refractivity contribution in [2.45, 2.75) is 18.5 Å². The molecule has 1 amide bonds. The molecule has 1 aromatic heterocycles. The zero-order valence-electron chi connectivity index (χ0n) is 12.3. The summed E-state index contributed by atoms with van der Waals surface area (Å²) in [4.78, 5) is 21.8. The van der Waals surface area contributed by atoms with E-state index >= 15 is 0 Å². The number of aromatic amines is 1. The van der Waals surface area contributed by atoms with Crippen LogP contribution in [0, 0.1) is 0 Å². The molecule has 0 bridgehead atoms. The standard InChI is InChI=1S/C14H16N4O3S/c1-3-11(19)15-10-6-4-9(5-7-10)13-16-17-14(18(13)2)22-8-12(20)21/h4-7H,3,8H2,1-2H3,(H2,15,16,19,20,21). The van der Waals surface area contributed by atoms with E-state index in [0.717, 1.165) is 28.8 Å². The predicted octanol–water partition coefficient (Wildman–Crippen LogP) is 0.0917. The van der Waals surface area contributed by atoms with Crippen molar-refractivity contribution in [3.05, 3.63) is 24.3 Å². The number of carboxylic acids is 1. The molecule has 0 aliphatic carbocycles. The maximum atomic E-state index is 11.3. The van der Waals surface area contributed by atoms with Crippen LogP contribution in [-0.2, 0) is 16.6 Å². The van der Waals surface area contributed by atoms with Crippen LogP contribution < -0.4 is 15.0 Å². The number of rotatable bonds is 6. The Morgan fingerprint density at radius 3 is 2.64 bits per heavy atom. The Kier molecular flexibility index (Phi) is 5.16. The molecule has 0 aliphatic rings. The molecule has 7 nitrogen and oxygen atoms in total. The van der Waals surface area contributed by atoms with Crippen LogP contribution in [0.2, 0.25) is 0 Å². The third-order valence-electron chi connectivity index (χ3n) is 2.96. The largest absolute Gasteiger partial charge is 0.549 e. The Balaban J connectivity index is 2.15. The molecule has 0 unspecified atom stereocenters. The van der Waals surface area contributed by atoms with E-state index in [1.807, 2.05) is 12.1 Å². The van der Waals surface area contributed by atoms with Gasteiger partial charge < -0.3 is 15.2 Å². The molecule has 116 valence electrons. The van der Waals surface area contributed by atoms with Gasteiger partial charge in [-0.25, -0.2) is 4.57 Å². The van der Waals surface area contributed by atoms with Crippen molar-refractivity contribution in [2.75, 3.05) is 11.1 Å². The highest BCUT2D eigenvalue weighted by molar-refractivity contribution is 7.99. The second kappa shape index (κ2) is 7.08. The second-order valence-electron chi connectivity index (χ2n) is 4.55. The van der Waals surface area contributed by atoms with Crippen LogP contribution in [0.5, 0.6) is 0 Å². The number of carboxylic acid groups (broad SMARTS) is 1. The monoisotopic (exact) mass is 320 g/mol. The van der Waals surface area contributed by atoms with Gasteiger partial charge in [0.1, 0.15) is 0 Å². The Bertz CT molecular complexity index is 682. The normalized spacial score (nSPS) is 10.5. The van der Waals surface area contributed by atoms with Crippen molar-refractivity contribution in [2.24, 2.45) is 7.05 Å². The highest BCUT2D eigenvalue weighted by atomic mass is 32.2. The van der Waals surface area contributed by atoms with Gasteiger partial charge in [-0.15, -0.1) is 5.10 Å². The Morgan fingerprint density at radius 2 is 2.05 bits per heavy atom. The molecule has 0 fully saturated rings. The molecule has 2 rings (SSSR count). The minimum absolute atomic E-state index is 0.0409. The molecule has 1 aromatic carbocycles. The molecule has 1 heterocycles. The zero-order valence-corrected chi connectivity index (χ0v) is 13.1. The minimum Gasteiger partial charge on any atom is -0.549 e. The van der Waals surface area contributed by atoms with E-state index in [1.165, 1.54) is 0 Å². The number of aromatic nitrogens is 3. The summed E-state index contributed by atoms with van der Waals surface area (Å²) in [5.74, 6) is -0.583. The lowest BCUT2D eigenvalue weighted by Gasteiger charge is -2.04. The van der Waals surface area contributed by atoms with Crippen LogP contribution in [0.25, 0.3) is 11.4 Å². The number of anilines is 1. The number of carbonyl (C=O) groups excluding carboxylic acids is 2. The molecule has 0 atom stereocenters. The van der Waals surface area contributed by atoms with E-state index in [9.17, 15) is 14.7 Å². The SMILES string of the molecule is CCC(=O)Nc1ccc(-c2[nH]nc(SCC(=O)[O-])[n+]2C)cc1. The van der Waals surface area contributed by atoms with E-state index in [4.69, 9.17) is 0 Å². The van der Waals surface area contributed by atoms with Crippen LogP contribution in [0.1, 0.15) is 13.3 Å². The predicted molar refractivity (Wildman–Crippen MR) is 79.9 cm³/mol. The number of nitrogens with one attached hydrogen (secondary N) is 2. The maximum Gasteiger partial charge on any atom is 0.337 e. The fourth-order valence-corrected chi connectivity index (χ4v) is 2.46. The summed E-state index contributed by atoms with van der Waals surface area (Å²) in [6, 6.07) is 7.31. The van der Waals surface area contributed by atoms with Gasteiger partial charge in [-0.2, -0.15) is 0 Å². The maximum absolute atomic E-state index is 11.3. The number of aliphatic carboxylic acids is 1. The van der Waals surface area contributed by atoms with Gasteiger partial charge in [0, 0.05) is 17.9 Å². The molecule has 0 radical (unpaired) electrons. The van der Waals surface area contributed by atoms with Gasteiger partial charge in [0.05, 0.1) is 23.7 Å². The molecule has 22 heavy (non-hydrogen) atoms. The van der Waals surface area contributed by atoms with Crippen molar-refractivity contribution in [3.63, 3.8) is 0 Å². The van der Waals surface area contributed by atoms with Gasteiger partial charge >= 0.3 is 5.16 Å². The highest BCUT2D eigenvalue weighted by Crippen LogP contribution is 2.19. The fraction of sp³-hybridized carbons (Fsp3) is 0.286. The van der Waals surface area contributed by atoms with Gasteiger partial charge in [0.25, 0.3) is 5.82 Å². The van der Waals surface area contributed by atoms with Crippen LogP contribution in [0.4, 0.5) is 5.69 Å². The van der Waals surface area contributed by atoms with E-state index < -0.39 is 5.97 Å². The second-order valence-corrected chi connectivity index (χ2v) is 5.50. The van der Waals surface area contributed by atoms with Gasteiger partial charge in [-0.05, 0) is 36.0 Å². The smallest absolute Gasteiger partial charge is 0.337 e. The molecule has 2 aromatic rings. The first-order chi connectivity index (χ1) is 10.5. The molecule has 2 N–H and O–H groups in total. The first-order valence-corrected chi connectivity index (χ1v) is 7.67. The van der Waals surface area contributed by atoms with E-state index in [0.29, 0.717) is 11.6 Å². The van der Waals surface area contributed by atoms with Crippen molar-refractivity contribution < 1.29 is 19.3 Å². The number of thioether (sulfide) groups is 1. The van der Waals surface area contributed by atoms with Crippen molar-refractivity contribution in [1.29, 1.82) is 0 Å². The molecule has 0 aliphatic heterocycles. The van der Waals surface area contributed by atoms with Crippen molar-refractivity contribution >= 4 is 29.3 Å². The van der Waals surface area contributed by atoms with Gasteiger partial charge in [0.2, 0.25) is 5.91 Å². The molecule has 0 spiro atoms. The van der Waals surface area contributed by atoms with Gasteiger partial charge in [-0.1, -0.05) is 6.92 Å². The summed E-state index contributed by atoms with van der Waals surface area (Å²) < 4.78 is 1.77. The first-order valence-electron chi connectivity index (χ1n) is 6.68. The van der Waals surface area contributed by atoms with Crippen molar-refractivity contribution in [3.8, 4) is 11.4 Å². The summed E-state index contributed by atoms with van der Waals surface area (Å²) in [5, 5.41) is 20.8. The summed E-state index contributed by atoms with van der Waals surface area (Å²) >= 11 is 1.09. The van der Waals surface area contributed by atoms with Crippen LogP contribution >= 0.6 is 11.8 Å². The number of amides is 1. The number of H-pyrrole nitrogens is 1. The highest BCUT2D eigenvalue weighted by Gasteiger charge is 2.18. The van der Waals surface area contributed by atoms with Crippen LogP contribution in [0.15, 0.2) is 29.4 Å². The van der Waals surface area contributed by atoms with E-state index in [2.05, 4.69) is 15.5 Å². The Morgan fingerprint density at radius 1 is 1.36 bits per heavy atom. The summed E-state index contributed by atoms with van der Waals surface area (Å²) in [6.07, 6.45) is 0.427. The van der Waals surface area contributed by atoms with E-state index in [1.54, 1.807) is 30.7 Å². The lowest BCUT2D eigenvalue weighted by atomic mass is 10.2. The lowest BCUT2D eigenvalue weighted by Crippen LogP contribution is -2.32. The third-order valence-corrected chi connectivity index (χ3v) is 3.97. The molecule has 0 saturated carbocycles.